The molecule has 1 N–H and O–H groups in total. The number of hydrogen-bond donors (Lipinski definition) is 1. The van der Waals surface area contributed by atoms with E-state index in [1.54, 1.807) is 0 Å². The minimum absolute atomic E-state index is 0.429. The maximum Gasteiger partial charge on any atom is 0.0700 e. The molecule has 2 rings (SSSR count). The molecular formula is C17H28N2O. The zero-order valence-electron chi connectivity index (χ0n) is 12.8. The Hall–Kier alpha value is -0.900. The molecule has 112 valence electrons. The van der Waals surface area contributed by atoms with Gasteiger partial charge in [-0.3, -0.25) is 4.90 Å². The van der Waals surface area contributed by atoms with Crippen LogP contribution in [0, 0.1) is 0 Å². The summed E-state index contributed by atoms with van der Waals surface area (Å²) in [6.45, 7) is 9.59. The first-order valence-corrected chi connectivity index (χ1v) is 7.95. The topological polar surface area (TPSA) is 24.5 Å². The van der Waals surface area contributed by atoms with Crippen molar-refractivity contribution in [2.24, 2.45) is 0 Å². The van der Waals surface area contributed by atoms with E-state index < -0.39 is 0 Å². The van der Waals surface area contributed by atoms with E-state index in [0.717, 1.165) is 45.6 Å². The molecule has 0 amide bonds. The maximum absolute atomic E-state index is 5.74. The van der Waals surface area contributed by atoms with Crippen molar-refractivity contribution in [2.45, 2.75) is 38.8 Å². The second kappa shape index (κ2) is 8.40. The lowest BCUT2D eigenvalue weighted by atomic mass is 10.0. The van der Waals surface area contributed by atoms with Crippen LogP contribution in [-0.4, -0.2) is 43.8 Å². The van der Waals surface area contributed by atoms with Gasteiger partial charge in [0.15, 0.2) is 0 Å². The Kier molecular flexibility index (Phi) is 6.51. The van der Waals surface area contributed by atoms with Gasteiger partial charge in [0.05, 0.1) is 12.7 Å². The lowest BCUT2D eigenvalue weighted by Crippen LogP contribution is -2.43. The second-order valence-electron chi connectivity index (χ2n) is 5.51. The first-order chi connectivity index (χ1) is 9.83. The molecule has 1 aromatic carbocycles. The molecule has 3 nitrogen and oxygen atoms in total. The molecule has 0 radical (unpaired) electrons. The van der Waals surface area contributed by atoms with Crippen LogP contribution in [0.3, 0.4) is 0 Å². The Morgan fingerprint density at radius 1 is 1.30 bits per heavy atom. The number of benzene rings is 1. The summed E-state index contributed by atoms with van der Waals surface area (Å²) >= 11 is 0. The van der Waals surface area contributed by atoms with Gasteiger partial charge in [0.1, 0.15) is 0 Å². The van der Waals surface area contributed by atoms with Gasteiger partial charge in [0.25, 0.3) is 0 Å². The summed E-state index contributed by atoms with van der Waals surface area (Å²) in [4.78, 5) is 2.55. The van der Waals surface area contributed by atoms with Crippen molar-refractivity contribution in [1.29, 1.82) is 0 Å². The summed E-state index contributed by atoms with van der Waals surface area (Å²) in [6, 6.07) is 11.2. The van der Waals surface area contributed by atoms with Crippen LogP contribution < -0.4 is 5.32 Å². The summed E-state index contributed by atoms with van der Waals surface area (Å²) < 4.78 is 5.74. The minimum atomic E-state index is 0.429. The van der Waals surface area contributed by atoms with Crippen molar-refractivity contribution in [1.82, 2.24) is 10.2 Å². The van der Waals surface area contributed by atoms with Crippen LogP contribution in [0.2, 0.25) is 0 Å². The van der Waals surface area contributed by atoms with Gasteiger partial charge < -0.3 is 10.1 Å². The summed E-state index contributed by atoms with van der Waals surface area (Å²) in [5.41, 5.74) is 1.40. The highest BCUT2D eigenvalue weighted by Crippen LogP contribution is 2.18. The van der Waals surface area contributed by atoms with Crippen LogP contribution in [0.1, 0.15) is 38.3 Å². The highest BCUT2D eigenvalue weighted by atomic mass is 16.5. The quantitative estimate of drug-likeness (QED) is 0.829. The van der Waals surface area contributed by atoms with Crippen molar-refractivity contribution >= 4 is 0 Å². The second-order valence-corrected chi connectivity index (χ2v) is 5.51. The van der Waals surface area contributed by atoms with E-state index in [4.69, 9.17) is 4.74 Å². The highest BCUT2D eigenvalue weighted by molar-refractivity contribution is 5.18. The fourth-order valence-electron chi connectivity index (χ4n) is 2.86. The molecule has 0 bridgehead atoms. The van der Waals surface area contributed by atoms with Crippen LogP contribution in [0.25, 0.3) is 0 Å². The molecule has 0 saturated carbocycles. The third kappa shape index (κ3) is 4.58. The van der Waals surface area contributed by atoms with Gasteiger partial charge in [0, 0.05) is 25.7 Å². The monoisotopic (exact) mass is 276 g/mol. The number of hydrogen-bond acceptors (Lipinski definition) is 3. The van der Waals surface area contributed by atoms with Gasteiger partial charge in [-0.1, -0.05) is 44.2 Å². The molecule has 0 aromatic heterocycles. The Balaban J connectivity index is 1.86. The van der Waals surface area contributed by atoms with Gasteiger partial charge in [-0.25, -0.2) is 0 Å². The normalized spacial score (nSPS) is 21.8. The minimum Gasteiger partial charge on any atom is -0.376 e. The standard InChI is InChI=1S/C17H28N2O/c1-3-16-14-19(12-13-20-16)11-10-17(18-4-2)15-8-6-5-7-9-15/h5-9,16-18H,3-4,10-14H2,1-2H3. The Morgan fingerprint density at radius 3 is 2.80 bits per heavy atom. The highest BCUT2D eigenvalue weighted by Gasteiger charge is 2.20. The molecule has 1 fully saturated rings. The molecule has 3 heteroatoms. The number of morpholine rings is 1. The fourth-order valence-corrected chi connectivity index (χ4v) is 2.86. The van der Waals surface area contributed by atoms with Crippen molar-refractivity contribution in [2.75, 3.05) is 32.8 Å². The van der Waals surface area contributed by atoms with Gasteiger partial charge in [-0.05, 0) is 24.9 Å². The molecule has 0 aliphatic carbocycles. The molecule has 2 atom stereocenters. The van der Waals surface area contributed by atoms with Gasteiger partial charge in [0.2, 0.25) is 0 Å². The first kappa shape index (κ1) is 15.5. The van der Waals surface area contributed by atoms with Crippen LogP contribution in [0.4, 0.5) is 0 Å². The van der Waals surface area contributed by atoms with E-state index in [1.165, 1.54) is 5.56 Å². The van der Waals surface area contributed by atoms with Crippen LogP contribution in [0.5, 0.6) is 0 Å². The SMILES string of the molecule is CCNC(CCN1CCOC(CC)C1)c1ccccc1. The molecular weight excluding hydrogens is 248 g/mol. The van der Waals surface area contributed by atoms with Crippen LogP contribution in [-0.2, 0) is 4.74 Å². The fraction of sp³-hybridized carbons (Fsp3) is 0.647. The summed E-state index contributed by atoms with van der Waals surface area (Å²) in [5, 5.41) is 3.61. The molecule has 1 heterocycles. The molecule has 1 aliphatic heterocycles. The number of nitrogens with zero attached hydrogens (tertiary/aromatic N) is 1. The molecule has 1 saturated heterocycles. The number of rotatable bonds is 7. The summed E-state index contributed by atoms with van der Waals surface area (Å²) in [7, 11) is 0. The van der Waals surface area contributed by atoms with E-state index in [9.17, 15) is 0 Å². The Bertz CT molecular complexity index is 369. The van der Waals surface area contributed by atoms with E-state index >= 15 is 0 Å². The predicted molar refractivity (Wildman–Crippen MR) is 83.9 cm³/mol. The van der Waals surface area contributed by atoms with E-state index in [-0.39, 0.29) is 0 Å². The Labute approximate surface area is 123 Å². The van der Waals surface area contributed by atoms with Crippen LogP contribution in [0.15, 0.2) is 30.3 Å². The maximum atomic E-state index is 5.74. The van der Waals surface area contributed by atoms with E-state index in [0.29, 0.717) is 12.1 Å². The molecule has 1 aromatic rings. The lowest BCUT2D eigenvalue weighted by molar-refractivity contribution is -0.0305. The molecule has 1 aliphatic rings. The zero-order chi connectivity index (χ0) is 14.2. The van der Waals surface area contributed by atoms with E-state index in [2.05, 4.69) is 54.4 Å². The largest absolute Gasteiger partial charge is 0.376 e. The van der Waals surface area contributed by atoms with Gasteiger partial charge >= 0.3 is 0 Å². The van der Waals surface area contributed by atoms with Crippen molar-refractivity contribution in [3.63, 3.8) is 0 Å². The van der Waals surface area contributed by atoms with E-state index in [1.807, 2.05) is 0 Å². The third-order valence-corrected chi connectivity index (χ3v) is 4.06. The summed E-state index contributed by atoms with van der Waals surface area (Å²) in [6.07, 6.45) is 2.71. The van der Waals surface area contributed by atoms with Crippen molar-refractivity contribution in [3.05, 3.63) is 35.9 Å². The predicted octanol–water partition coefficient (Wildman–Crippen LogP) is 2.84. The van der Waals surface area contributed by atoms with Crippen molar-refractivity contribution < 1.29 is 4.74 Å². The average Bonchev–Trinajstić information content (AvgIpc) is 2.52. The average molecular weight is 276 g/mol. The summed E-state index contributed by atoms with van der Waals surface area (Å²) in [5.74, 6) is 0. The number of ether oxygens (including phenoxy) is 1. The zero-order valence-corrected chi connectivity index (χ0v) is 12.8. The Morgan fingerprint density at radius 2 is 2.10 bits per heavy atom. The smallest absolute Gasteiger partial charge is 0.0700 e. The number of nitrogens with one attached hydrogen (secondary N) is 1. The lowest BCUT2D eigenvalue weighted by Gasteiger charge is -2.33. The van der Waals surface area contributed by atoms with Gasteiger partial charge in [-0.15, -0.1) is 0 Å². The molecule has 2 unspecified atom stereocenters. The third-order valence-electron chi connectivity index (χ3n) is 4.06. The van der Waals surface area contributed by atoms with Crippen LogP contribution >= 0.6 is 0 Å². The molecule has 20 heavy (non-hydrogen) atoms. The first-order valence-electron chi connectivity index (χ1n) is 7.95. The van der Waals surface area contributed by atoms with Gasteiger partial charge in [-0.2, -0.15) is 0 Å². The molecule has 0 spiro atoms. The van der Waals surface area contributed by atoms with Crippen molar-refractivity contribution in [3.8, 4) is 0 Å².